The van der Waals surface area contributed by atoms with Crippen molar-refractivity contribution in [3.63, 3.8) is 0 Å². The summed E-state index contributed by atoms with van der Waals surface area (Å²) in [6.07, 6.45) is 1.22. The lowest BCUT2D eigenvalue weighted by Crippen LogP contribution is -2.57. The number of amides is 1. The summed E-state index contributed by atoms with van der Waals surface area (Å²) in [5, 5.41) is 0. The Labute approximate surface area is 137 Å². The van der Waals surface area contributed by atoms with Gasteiger partial charge < -0.3 is 19.1 Å². The molecule has 0 radical (unpaired) electrons. The summed E-state index contributed by atoms with van der Waals surface area (Å²) in [4.78, 5) is 14.2. The molecule has 5 nitrogen and oxygen atoms in total. The van der Waals surface area contributed by atoms with E-state index in [9.17, 15) is 4.79 Å². The molecule has 0 N–H and O–H groups in total. The molecule has 3 atom stereocenters. The zero-order chi connectivity index (χ0) is 16.4. The average molecular weight is 319 g/mol. The van der Waals surface area contributed by atoms with Gasteiger partial charge in [-0.1, -0.05) is 30.3 Å². The van der Waals surface area contributed by atoms with Crippen LogP contribution in [0.15, 0.2) is 30.3 Å². The van der Waals surface area contributed by atoms with Crippen molar-refractivity contribution in [2.45, 2.75) is 57.6 Å². The summed E-state index contributed by atoms with van der Waals surface area (Å²) in [6, 6.07) is 9.85. The van der Waals surface area contributed by atoms with Gasteiger partial charge in [-0.15, -0.1) is 0 Å². The predicted molar refractivity (Wildman–Crippen MR) is 86.0 cm³/mol. The number of benzene rings is 1. The van der Waals surface area contributed by atoms with E-state index in [4.69, 9.17) is 14.2 Å². The fraction of sp³-hybridized carbons (Fsp3) is 0.611. The molecule has 3 rings (SSSR count). The van der Waals surface area contributed by atoms with E-state index in [1.807, 2.05) is 51.1 Å². The third kappa shape index (κ3) is 3.85. The van der Waals surface area contributed by atoms with E-state index in [1.54, 1.807) is 4.90 Å². The average Bonchev–Trinajstić information content (AvgIpc) is 2.53. The maximum Gasteiger partial charge on any atom is 0.410 e. The quantitative estimate of drug-likeness (QED) is 0.795. The lowest BCUT2D eigenvalue weighted by atomic mass is 9.98. The standard InChI is InChI=1S/C18H25NO4/c1-18(2,3)23-17(20)19-11-7-10-15-14(19)12-21-16(22-15)13-8-5-4-6-9-13/h4-6,8-9,14-16H,7,10-12H2,1-3H3/t14-,15-,16+/m0/s1. The van der Waals surface area contributed by atoms with Crippen LogP contribution < -0.4 is 0 Å². The molecular weight excluding hydrogens is 294 g/mol. The molecule has 2 aliphatic rings. The maximum atomic E-state index is 12.4. The van der Waals surface area contributed by atoms with Crippen LogP contribution in [0.1, 0.15) is 45.5 Å². The Morgan fingerprint density at radius 2 is 2.00 bits per heavy atom. The molecular formula is C18H25NO4. The Balaban J connectivity index is 1.67. The summed E-state index contributed by atoms with van der Waals surface area (Å²) in [5.41, 5.74) is 0.521. The minimum atomic E-state index is -0.493. The van der Waals surface area contributed by atoms with Crippen molar-refractivity contribution in [1.29, 1.82) is 0 Å². The number of carbonyl (C=O) groups excluding carboxylic acids is 1. The van der Waals surface area contributed by atoms with Gasteiger partial charge >= 0.3 is 6.09 Å². The Kier molecular flexibility index (Phi) is 4.60. The molecule has 5 heteroatoms. The number of rotatable bonds is 1. The van der Waals surface area contributed by atoms with Crippen LogP contribution in [-0.2, 0) is 14.2 Å². The summed E-state index contributed by atoms with van der Waals surface area (Å²) in [6.45, 7) is 6.81. The number of fused-ring (bicyclic) bond motifs is 1. The number of hydrogen-bond acceptors (Lipinski definition) is 4. The Morgan fingerprint density at radius 1 is 1.26 bits per heavy atom. The van der Waals surface area contributed by atoms with Gasteiger partial charge in [0.25, 0.3) is 0 Å². The lowest BCUT2D eigenvalue weighted by molar-refractivity contribution is -0.250. The van der Waals surface area contributed by atoms with Gasteiger partial charge in [0.2, 0.25) is 0 Å². The van der Waals surface area contributed by atoms with Crippen LogP contribution in [0.25, 0.3) is 0 Å². The lowest BCUT2D eigenvalue weighted by Gasteiger charge is -2.45. The van der Waals surface area contributed by atoms with E-state index < -0.39 is 5.60 Å². The number of hydrogen-bond donors (Lipinski definition) is 0. The van der Waals surface area contributed by atoms with Crippen LogP contribution in [0.2, 0.25) is 0 Å². The molecule has 2 aliphatic heterocycles. The van der Waals surface area contributed by atoms with Gasteiger partial charge in [-0.25, -0.2) is 4.79 Å². The molecule has 0 aliphatic carbocycles. The molecule has 0 unspecified atom stereocenters. The molecule has 0 spiro atoms. The fourth-order valence-corrected chi connectivity index (χ4v) is 3.09. The van der Waals surface area contributed by atoms with Gasteiger partial charge in [-0.2, -0.15) is 0 Å². The van der Waals surface area contributed by atoms with E-state index >= 15 is 0 Å². The summed E-state index contributed by atoms with van der Waals surface area (Å²) < 4.78 is 17.5. The first-order chi connectivity index (χ1) is 10.9. The first-order valence-electron chi connectivity index (χ1n) is 8.26. The Morgan fingerprint density at radius 3 is 2.70 bits per heavy atom. The molecule has 2 saturated heterocycles. The SMILES string of the molecule is CC(C)(C)OC(=O)N1CCC[C@@H]2O[C@H](c3ccccc3)OC[C@@H]21. The minimum absolute atomic E-state index is 0.00442. The summed E-state index contributed by atoms with van der Waals surface area (Å²) in [5.74, 6) is 0. The smallest absolute Gasteiger partial charge is 0.410 e. The van der Waals surface area contributed by atoms with Gasteiger partial charge in [0.15, 0.2) is 6.29 Å². The van der Waals surface area contributed by atoms with E-state index in [2.05, 4.69) is 0 Å². The van der Waals surface area contributed by atoms with Crippen molar-refractivity contribution in [2.75, 3.05) is 13.2 Å². The normalized spacial score (nSPS) is 28.1. The highest BCUT2D eigenvalue weighted by atomic mass is 16.7. The second kappa shape index (κ2) is 6.49. The predicted octanol–water partition coefficient (Wildman–Crippen LogP) is 3.50. The first kappa shape index (κ1) is 16.3. The highest BCUT2D eigenvalue weighted by Gasteiger charge is 2.42. The van der Waals surface area contributed by atoms with Crippen molar-refractivity contribution in [1.82, 2.24) is 4.90 Å². The van der Waals surface area contributed by atoms with E-state index in [-0.39, 0.29) is 24.5 Å². The van der Waals surface area contributed by atoms with Crippen LogP contribution in [0.5, 0.6) is 0 Å². The van der Waals surface area contributed by atoms with Gasteiger partial charge in [-0.05, 0) is 33.6 Å². The topological polar surface area (TPSA) is 48.0 Å². The zero-order valence-corrected chi connectivity index (χ0v) is 14.0. The molecule has 2 fully saturated rings. The van der Waals surface area contributed by atoms with Crippen LogP contribution >= 0.6 is 0 Å². The molecule has 0 bridgehead atoms. The van der Waals surface area contributed by atoms with Gasteiger partial charge in [0.1, 0.15) is 5.60 Å². The second-order valence-electron chi connectivity index (χ2n) is 7.13. The minimum Gasteiger partial charge on any atom is -0.444 e. The molecule has 1 amide bonds. The fourth-order valence-electron chi connectivity index (χ4n) is 3.09. The molecule has 1 aromatic rings. The molecule has 23 heavy (non-hydrogen) atoms. The van der Waals surface area contributed by atoms with E-state index in [1.165, 1.54) is 0 Å². The Hall–Kier alpha value is -1.59. The summed E-state index contributed by atoms with van der Waals surface area (Å²) >= 11 is 0. The molecule has 126 valence electrons. The van der Waals surface area contributed by atoms with Crippen molar-refractivity contribution >= 4 is 6.09 Å². The first-order valence-corrected chi connectivity index (χ1v) is 8.26. The largest absolute Gasteiger partial charge is 0.444 e. The molecule has 1 aromatic carbocycles. The van der Waals surface area contributed by atoms with Crippen molar-refractivity contribution in [2.24, 2.45) is 0 Å². The second-order valence-corrected chi connectivity index (χ2v) is 7.13. The van der Waals surface area contributed by atoms with E-state index in [0.29, 0.717) is 13.2 Å². The highest BCUT2D eigenvalue weighted by molar-refractivity contribution is 5.68. The summed E-state index contributed by atoms with van der Waals surface area (Å²) in [7, 11) is 0. The van der Waals surface area contributed by atoms with Crippen LogP contribution in [0.4, 0.5) is 4.79 Å². The molecule has 2 heterocycles. The highest BCUT2D eigenvalue weighted by Crippen LogP contribution is 2.33. The number of carbonyl (C=O) groups is 1. The maximum absolute atomic E-state index is 12.4. The van der Waals surface area contributed by atoms with Crippen LogP contribution in [0.3, 0.4) is 0 Å². The zero-order valence-electron chi connectivity index (χ0n) is 14.0. The number of nitrogens with zero attached hydrogens (tertiary/aromatic N) is 1. The van der Waals surface area contributed by atoms with Gasteiger partial charge in [-0.3, -0.25) is 0 Å². The van der Waals surface area contributed by atoms with Crippen LogP contribution in [0, 0.1) is 0 Å². The molecule has 0 saturated carbocycles. The van der Waals surface area contributed by atoms with E-state index in [0.717, 1.165) is 18.4 Å². The van der Waals surface area contributed by atoms with Crippen LogP contribution in [-0.4, -0.2) is 41.9 Å². The van der Waals surface area contributed by atoms with Crippen molar-refractivity contribution in [3.05, 3.63) is 35.9 Å². The van der Waals surface area contributed by atoms with Crippen molar-refractivity contribution < 1.29 is 19.0 Å². The third-order valence-corrected chi connectivity index (χ3v) is 4.13. The number of likely N-dealkylation sites (tertiary alicyclic amines) is 1. The number of piperidine rings is 1. The van der Waals surface area contributed by atoms with Gasteiger partial charge in [0.05, 0.1) is 18.8 Å². The number of ether oxygens (including phenoxy) is 3. The monoisotopic (exact) mass is 319 g/mol. The Bertz CT molecular complexity index is 540. The third-order valence-electron chi connectivity index (χ3n) is 4.13. The molecule has 0 aromatic heterocycles. The van der Waals surface area contributed by atoms with Gasteiger partial charge in [0, 0.05) is 12.1 Å². The van der Waals surface area contributed by atoms with Crippen molar-refractivity contribution in [3.8, 4) is 0 Å².